The van der Waals surface area contributed by atoms with Gasteiger partial charge in [-0.25, -0.2) is 4.57 Å². The Morgan fingerprint density at radius 2 is 1.53 bits per heavy atom. The molecule has 0 aliphatic heterocycles. The van der Waals surface area contributed by atoms with Gasteiger partial charge < -0.3 is 20.4 Å². The smallest absolute Gasteiger partial charge is 0.366 e. The summed E-state index contributed by atoms with van der Waals surface area (Å²) in [4.78, 5) is 32.1. The summed E-state index contributed by atoms with van der Waals surface area (Å²) in [6.07, 6.45) is 0. The summed E-state index contributed by atoms with van der Waals surface area (Å²) < 4.78 is 8.88. The van der Waals surface area contributed by atoms with Crippen molar-refractivity contribution in [1.29, 1.82) is 0 Å². The van der Waals surface area contributed by atoms with Gasteiger partial charge in [0.2, 0.25) is 5.91 Å². The minimum absolute atomic E-state index is 0.375. The molecule has 15 heavy (non-hydrogen) atoms. The van der Waals surface area contributed by atoms with Crippen molar-refractivity contribution in [3.63, 3.8) is 0 Å². The lowest BCUT2D eigenvalue weighted by molar-refractivity contribution is 0.1000. The van der Waals surface area contributed by atoms with Gasteiger partial charge in [0.05, 0.1) is 0 Å². The third-order valence-electron chi connectivity index (χ3n) is 1.34. The first kappa shape index (κ1) is 13.8. The maximum absolute atomic E-state index is 10.5. The Morgan fingerprint density at radius 3 is 1.80 bits per heavy atom. The Balaban J connectivity index is 0.000000336. The average molecular weight is 233 g/mol. The van der Waals surface area contributed by atoms with Crippen molar-refractivity contribution < 1.29 is 24.0 Å². The van der Waals surface area contributed by atoms with Gasteiger partial charge >= 0.3 is 7.82 Å². The highest BCUT2D eigenvalue weighted by atomic mass is 31.2. The highest BCUT2D eigenvalue weighted by Gasteiger charge is 2.00. The molecule has 0 aromatic heterocycles. The van der Waals surface area contributed by atoms with Crippen molar-refractivity contribution in [1.82, 2.24) is 0 Å². The number of benzene rings is 1. The fraction of sp³-hybridized carbons (Fsp3) is 0.125. The van der Waals surface area contributed by atoms with Crippen molar-refractivity contribution in [3.8, 4) is 0 Å². The van der Waals surface area contributed by atoms with Crippen LogP contribution < -0.4 is 5.73 Å². The van der Waals surface area contributed by atoms with Gasteiger partial charge in [-0.1, -0.05) is 17.7 Å². The van der Waals surface area contributed by atoms with E-state index < -0.39 is 7.82 Å². The summed E-state index contributed by atoms with van der Waals surface area (Å²) >= 11 is 0. The van der Waals surface area contributed by atoms with Gasteiger partial charge in [0.15, 0.2) is 0 Å². The second-order valence-electron chi connectivity index (χ2n) is 2.74. The van der Waals surface area contributed by atoms with E-state index in [-0.39, 0.29) is 5.91 Å². The normalized spacial score (nSPS) is 10.1. The lowest BCUT2D eigenvalue weighted by Crippen LogP contribution is -2.10. The average Bonchev–Trinajstić information content (AvgIpc) is 2.01. The van der Waals surface area contributed by atoms with Crippen LogP contribution in [0.1, 0.15) is 15.9 Å². The number of amides is 1. The zero-order valence-corrected chi connectivity index (χ0v) is 8.89. The molecule has 0 spiro atoms. The van der Waals surface area contributed by atoms with Crippen molar-refractivity contribution >= 4 is 13.7 Å². The Labute approximate surface area is 86.6 Å². The van der Waals surface area contributed by atoms with E-state index >= 15 is 0 Å². The molecule has 6 nitrogen and oxygen atoms in total. The Kier molecular flexibility index (Phi) is 5.18. The van der Waals surface area contributed by atoms with E-state index in [0.29, 0.717) is 5.56 Å². The number of aryl methyl sites for hydroxylation is 1. The minimum atomic E-state index is -4.64. The van der Waals surface area contributed by atoms with E-state index in [9.17, 15) is 4.79 Å². The molecular formula is C8H12NO5P. The summed E-state index contributed by atoms with van der Waals surface area (Å²) in [5, 5.41) is 0. The van der Waals surface area contributed by atoms with Crippen molar-refractivity contribution in [2.75, 3.05) is 0 Å². The van der Waals surface area contributed by atoms with Crippen LogP contribution >= 0.6 is 7.82 Å². The van der Waals surface area contributed by atoms with Gasteiger partial charge in [0.1, 0.15) is 0 Å². The molecule has 1 rings (SSSR count). The number of hydrogen-bond acceptors (Lipinski definition) is 2. The van der Waals surface area contributed by atoms with E-state index in [2.05, 4.69) is 0 Å². The molecule has 0 aliphatic carbocycles. The molecule has 0 unspecified atom stereocenters. The molecule has 84 valence electrons. The zero-order valence-electron chi connectivity index (χ0n) is 7.99. The Morgan fingerprint density at radius 1 is 1.20 bits per heavy atom. The van der Waals surface area contributed by atoms with Crippen LogP contribution in [0.3, 0.4) is 0 Å². The predicted molar refractivity (Wildman–Crippen MR) is 54.0 cm³/mol. The van der Waals surface area contributed by atoms with E-state index in [1.54, 1.807) is 12.1 Å². The quantitative estimate of drug-likeness (QED) is 0.515. The van der Waals surface area contributed by atoms with Crippen LogP contribution in [0, 0.1) is 6.92 Å². The molecule has 5 N–H and O–H groups in total. The minimum Gasteiger partial charge on any atom is -0.366 e. The van der Waals surface area contributed by atoms with E-state index in [0.717, 1.165) is 5.56 Å². The lowest BCUT2D eigenvalue weighted by Gasteiger charge is -1.93. The van der Waals surface area contributed by atoms with Crippen LogP contribution in [0.15, 0.2) is 24.3 Å². The van der Waals surface area contributed by atoms with Crippen LogP contribution in [0.25, 0.3) is 0 Å². The SMILES string of the molecule is Cc1ccc(C(N)=O)cc1.O=P(O)(O)O. The van der Waals surface area contributed by atoms with E-state index in [1.807, 2.05) is 19.1 Å². The molecule has 0 heterocycles. The summed E-state index contributed by atoms with van der Waals surface area (Å²) in [7, 11) is -4.64. The third kappa shape index (κ3) is 9.11. The standard InChI is InChI=1S/C8H9NO.H3O4P/c1-6-2-4-7(5-3-6)8(9)10;1-5(2,3)4/h2-5H,1H3,(H2,9,10);(H3,1,2,3,4). The molecule has 0 saturated heterocycles. The second kappa shape index (κ2) is 5.63. The van der Waals surface area contributed by atoms with Gasteiger partial charge in [-0.15, -0.1) is 0 Å². The predicted octanol–water partition coefficient (Wildman–Crippen LogP) is 0.165. The molecule has 0 atom stereocenters. The number of phosphoric acid groups is 1. The molecule has 0 saturated carbocycles. The number of carbonyl (C=O) groups is 1. The number of primary amides is 1. The van der Waals surface area contributed by atoms with Crippen LogP contribution in [0.4, 0.5) is 0 Å². The number of carbonyl (C=O) groups excluding carboxylic acids is 1. The first-order valence-electron chi connectivity index (χ1n) is 3.85. The topological polar surface area (TPSA) is 121 Å². The van der Waals surface area contributed by atoms with Gasteiger partial charge in [-0.2, -0.15) is 0 Å². The monoisotopic (exact) mass is 233 g/mol. The fourth-order valence-electron chi connectivity index (χ4n) is 0.718. The van der Waals surface area contributed by atoms with Gasteiger partial charge in [-0.3, -0.25) is 4.79 Å². The summed E-state index contributed by atoms with van der Waals surface area (Å²) in [6, 6.07) is 7.16. The summed E-state index contributed by atoms with van der Waals surface area (Å²) in [5.74, 6) is -0.375. The van der Waals surface area contributed by atoms with Gasteiger partial charge in [-0.05, 0) is 19.1 Å². The maximum Gasteiger partial charge on any atom is 0.466 e. The van der Waals surface area contributed by atoms with Crippen molar-refractivity contribution in [2.24, 2.45) is 5.73 Å². The number of nitrogens with two attached hydrogens (primary N) is 1. The summed E-state index contributed by atoms with van der Waals surface area (Å²) in [5.41, 5.74) is 6.72. The first-order chi connectivity index (χ1) is 6.70. The summed E-state index contributed by atoms with van der Waals surface area (Å²) in [6.45, 7) is 1.96. The van der Waals surface area contributed by atoms with E-state index in [4.69, 9.17) is 25.0 Å². The molecule has 0 bridgehead atoms. The molecule has 7 heteroatoms. The molecule has 0 aliphatic rings. The van der Waals surface area contributed by atoms with Crippen LogP contribution in [-0.2, 0) is 4.57 Å². The zero-order chi connectivity index (χ0) is 12.1. The second-order valence-corrected chi connectivity index (χ2v) is 3.77. The number of hydrogen-bond donors (Lipinski definition) is 4. The third-order valence-corrected chi connectivity index (χ3v) is 1.34. The van der Waals surface area contributed by atoms with Crippen molar-refractivity contribution in [2.45, 2.75) is 6.92 Å². The van der Waals surface area contributed by atoms with Crippen molar-refractivity contribution in [3.05, 3.63) is 35.4 Å². The van der Waals surface area contributed by atoms with Crippen LogP contribution in [-0.4, -0.2) is 20.6 Å². The van der Waals surface area contributed by atoms with E-state index in [1.165, 1.54) is 0 Å². The lowest BCUT2D eigenvalue weighted by atomic mass is 10.1. The molecule has 1 amide bonds. The Hall–Kier alpha value is -1.20. The highest BCUT2D eigenvalue weighted by Crippen LogP contribution is 2.25. The first-order valence-corrected chi connectivity index (χ1v) is 5.41. The number of rotatable bonds is 1. The highest BCUT2D eigenvalue weighted by molar-refractivity contribution is 7.45. The molecule has 0 radical (unpaired) electrons. The maximum atomic E-state index is 10.5. The fourth-order valence-corrected chi connectivity index (χ4v) is 0.718. The Bertz CT molecular complexity index is 361. The van der Waals surface area contributed by atoms with Gasteiger partial charge in [0.25, 0.3) is 0 Å². The molecular weight excluding hydrogens is 221 g/mol. The largest absolute Gasteiger partial charge is 0.466 e. The van der Waals surface area contributed by atoms with Crippen LogP contribution in [0.5, 0.6) is 0 Å². The molecule has 1 aromatic rings. The molecule has 0 fully saturated rings. The van der Waals surface area contributed by atoms with Gasteiger partial charge in [0, 0.05) is 5.56 Å². The van der Waals surface area contributed by atoms with Crippen LogP contribution in [0.2, 0.25) is 0 Å². The molecule has 1 aromatic carbocycles.